The predicted octanol–water partition coefficient (Wildman–Crippen LogP) is 6.49. The van der Waals surface area contributed by atoms with Gasteiger partial charge in [-0.3, -0.25) is 4.79 Å². The van der Waals surface area contributed by atoms with Crippen molar-refractivity contribution in [2.24, 2.45) is 0 Å². The van der Waals surface area contributed by atoms with Crippen LogP contribution in [0.3, 0.4) is 0 Å². The number of ketones is 2. The Bertz CT molecular complexity index is 936. The van der Waals surface area contributed by atoms with E-state index >= 15 is 0 Å². The van der Waals surface area contributed by atoms with E-state index in [0.29, 0.717) is 24.2 Å². The minimum Gasteiger partial charge on any atom is -0.452 e. The second-order valence-electron chi connectivity index (χ2n) is 8.81. The molecule has 2 atom stereocenters. The highest BCUT2D eigenvalue weighted by Crippen LogP contribution is 2.34. The smallest absolute Gasteiger partial charge is 0.198 e. The lowest BCUT2D eigenvalue weighted by atomic mass is 10.0. The van der Waals surface area contributed by atoms with E-state index in [1.165, 1.54) is 0 Å². The first kappa shape index (κ1) is 23.4. The van der Waals surface area contributed by atoms with Gasteiger partial charge in [-0.05, 0) is 46.1 Å². The maximum Gasteiger partial charge on any atom is 0.198 e. The Morgan fingerprint density at radius 2 is 1.84 bits per heavy atom. The molecule has 5 heteroatoms. The summed E-state index contributed by atoms with van der Waals surface area (Å²) in [5, 5.41) is 0.920. The number of para-hydroxylation sites is 1. The molecule has 0 spiro atoms. The molecule has 1 aromatic carbocycles. The van der Waals surface area contributed by atoms with Crippen molar-refractivity contribution in [3.05, 3.63) is 41.7 Å². The highest BCUT2D eigenvalue weighted by Gasteiger charge is 2.39. The van der Waals surface area contributed by atoms with Crippen LogP contribution in [0.25, 0.3) is 17.0 Å². The molecular weight excluding hydrogens is 392 g/mol. The Kier molecular flexibility index (Phi) is 7.84. The van der Waals surface area contributed by atoms with E-state index in [1.807, 2.05) is 50.3 Å². The SMILES string of the molecule is CCCCCC(=O)c1oc2ccccc2c1/C=C/[C@H]1OC(C)(C)O[C@H]1CCCC(C)=O. The molecule has 3 rings (SSSR count). The summed E-state index contributed by atoms with van der Waals surface area (Å²) in [5.74, 6) is -0.0554. The first-order chi connectivity index (χ1) is 14.8. The van der Waals surface area contributed by atoms with Crippen LogP contribution in [-0.4, -0.2) is 29.6 Å². The van der Waals surface area contributed by atoms with Gasteiger partial charge >= 0.3 is 0 Å². The Balaban J connectivity index is 1.83. The summed E-state index contributed by atoms with van der Waals surface area (Å²) in [5.41, 5.74) is 1.51. The van der Waals surface area contributed by atoms with Crippen LogP contribution < -0.4 is 0 Å². The van der Waals surface area contributed by atoms with Gasteiger partial charge in [-0.15, -0.1) is 0 Å². The lowest BCUT2D eigenvalue weighted by molar-refractivity contribution is -0.143. The van der Waals surface area contributed by atoms with Crippen molar-refractivity contribution in [1.29, 1.82) is 0 Å². The Hall–Kier alpha value is -2.24. The van der Waals surface area contributed by atoms with Crippen molar-refractivity contribution in [3.8, 4) is 0 Å². The first-order valence-corrected chi connectivity index (χ1v) is 11.4. The summed E-state index contributed by atoms with van der Waals surface area (Å²) in [6.07, 6.45) is 9.01. The number of rotatable bonds is 11. The second kappa shape index (κ2) is 10.4. The van der Waals surface area contributed by atoms with Crippen LogP contribution in [0.2, 0.25) is 0 Å². The number of ether oxygens (including phenoxy) is 2. The molecule has 0 unspecified atom stereocenters. The molecule has 2 heterocycles. The van der Waals surface area contributed by atoms with Crippen LogP contribution in [0.4, 0.5) is 0 Å². The second-order valence-corrected chi connectivity index (χ2v) is 8.81. The van der Waals surface area contributed by atoms with E-state index in [-0.39, 0.29) is 23.8 Å². The number of unbranched alkanes of at least 4 members (excludes halogenated alkanes) is 2. The molecule has 1 aromatic heterocycles. The van der Waals surface area contributed by atoms with Gasteiger partial charge in [-0.25, -0.2) is 0 Å². The molecule has 31 heavy (non-hydrogen) atoms. The fraction of sp³-hybridized carbons (Fsp3) is 0.538. The van der Waals surface area contributed by atoms with Gasteiger partial charge in [0, 0.05) is 23.8 Å². The van der Waals surface area contributed by atoms with E-state index in [9.17, 15) is 9.59 Å². The topological polar surface area (TPSA) is 65.7 Å². The highest BCUT2D eigenvalue weighted by atomic mass is 16.7. The zero-order chi connectivity index (χ0) is 22.4. The van der Waals surface area contributed by atoms with Crippen molar-refractivity contribution < 1.29 is 23.5 Å². The van der Waals surface area contributed by atoms with Gasteiger partial charge in [0.05, 0.1) is 6.10 Å². The maximum absolute atomic E-state index is 12.9. The number of hydrogen-bond donors (Lipinski definition) is 0. The van der Waals surface area contributed by atoms with Gasteiger partial charge in [0.15, 0.2) is 17.3 Å². The largest absolute Gasteiger partial charge is 0.452 e. The zero-order valence-electron chi connectivity index (χ0n) is 19.1. The monoisotopic (exact) mass is 426 g/mol. The molecule has 168 valence electrons. The fourth-order valence-electron chi connectivity index (χ4n) is 4.08. The molecule has 1 saturated heterocycles. The van der Waals surface area contributed by atoms with Gasteiger partial charge in [0.1, 0.15) is 17.5 Å². The molecule has 1 fully saturated rings. The van der Waals surface area contributed by atoms with Crippen molar-refractivity contribution in [2.75, 3.05) is 0 Å². The number of carbonyl (C=O) groups excluding carboxylic acids is 2. The lowest BCUT2D eigenvalue weighted by Gasteiger charge is -2.16. The first-order valence-electron chi connectivity index (χ1n) is 11.4. The Labute approximate surface area is 184 Å². The molecule has 5 nitrogen and oxygen atoms in total. The van der Waals surface area contributed by atoms with Crippen LogP contribution >= 0.6 is 0 Å². The van der Waals surface area contributed by atoms with Crippen LogP contribution in [0, 0.1) is 0 Å². The van der Waals surface area contributed by atoms with Crippen LogP contribution in [-0.2, 0) is 14.3 Å². The minimum absolute atomic E-state index is 0.0335. The van der Waals surface area contributed by atoms with Crippen molar-refractivity contribution in [2.45, 2.75) is 90.6 Å². The van der Waals surface area contributed by atoms with E-state index in [0.717, 1.165) is 43.1 Å². The van der Waals surface area contributed by atoms with Crippen molar-refractivity contribution >= 4 is 28.6 Å². The zero-order valence-corrected chi connectivity index (χ0v) is 19.1. The highest BCUT2D eigenvalue weighted by molar-refractivity contribution is 6.03. The lowest BCUT2D eigenvalue weighted by Crippen LogP contribution is -2.21. The summed E-state index contributed by atoms with van der Waals surface area (Å²) >= 11 is 0. The van der Waals surface area contributed by atoms with Gasteiger partial charge in [0.2, 0.25) is 0 Å². The number of hydrogen-bond acceptors (Lipinski definition) is 5. The summed E-state index contributed by atoms with van der Waals surface area (Å²) in [7, 11) is 0. The number of carbonyl (C=O) groups is 2. The van der Waals surface area contributed by atoms with E-state index in [4.69, 9.17) is 13.9 Å². The van der Waals surface area contributed by atoms with Crippen LogP contribution in [0.5, 0.6) is 0 Å². The molecule has 0 aliphatic carbocycles. The molecule has 0 saturated carbocycles. The van der Waals surface area contributed by atoms with Crippen LogP contribution in [0.15, 0.2) is 34.8 Å². The van der Waals surface area contributed by atoms with E-state index in [1.54, 1.807) is 6.92 Å². The summed E-state index contributed by atoms with van der Waals surface area (Å²) < 4.78 is 18.1. The number of furan rings is 1. The molecule has 0 radical (unpaired) electrons. The summed E-state index contributed by atoms with van der Waals surface area (Å²) in [6.45, 7) is 7.53. The summed E-state index contributed by atoms with van der Waals surface area (Å²) in [6, 6.07) is 7.72. The van der Waals surface area contributed by atoms with Gasteiger partial charge in [0.25, 0.3) is 0 Å². The molecule has 1 aliphatic rings. The number of fused-ring (bicyclic) bond motifs is 1. The fourth-order valence-corrected chi connectivity index (χ4v) is 4.08. The average molecular weight is 427 g/mol. The third kappa shape index (κ3) is 6.14. The molecular formula is C26H34O5. The number of benzene rings is 1. The average Bonchev–Trinajstić information content (AvgIpc) is 3.22. The van der Waals surface area contributed by atoms with Gasteiger partial charge < -0.3 is 18.7 Å². The molecule has 2 aromatic rings. The summed E-state index contributed by atoms with van der Waals surface area (Å²) in [4.78, 5) is 24.2. The van der Waals surface area contributed by atoms with E-state index in [2.05, 4.69) is 6.92 Å². The van der Waals surface area contributed by atoms with Gasteiger partial charge in [-0.1, -0.05) is 50.1 Å². The third-order valence-electron chi connectivity index (χ3n) is 5.59. The van der Waals surface area contributed by atoms with Crippen molar-refractivity contribution in [3.63, 3.8) is 0 Å². The van der Waals surface area contributed by atoms with E-state index < -0.39 is 5.79 Å². The Morgan fingerprint density at radius 1 is 1.06 bits per heavy atom. The molecule has 0 N–H and O–H groups in total. The Morgan fingerprint density at radius 3 is 2.58 bits per heavy atom. The molecule has 0 bridgehead atoms. The standard InChI is InChI=1S/C26H34O5/c1-5-6-7-13-21(28)25-20(19-12-8-9-14-22(19)29-25)16-17-24-23(15-10-11-18(2)27)30-26(3,4)31-24/h8-9,12,14,16-17,23-24H,5-7,10-11,13,15H2,1-4H3/b17-16+/t23-,24+/m0/s1. The molecule has 0 amide bonds. The molecule has 1 aliphatic heterocycles. The maximum atomic E-state index is 12.9. The third-order valence-corrected chi connectivity index (χ3v) is 5.59. The van der Waals surface area contributed by atoms with Gasteiger partial charge in [-0.2, -0.15) is 0 Å². The minimum atomic E-state index is -0.687. The predicted molar refractivity (Wildman–Crippen MR) is 122 cm³/mol. The van der Waals surface area contributed by atoms with Crippen molar-refractivity contribution in [1.82, 2.24) is 0 Å². The van der Waals surface area contributed by atoms with Crippen LogP contribution in [0.1, 0.15) is 88.8 Å². The number of Topliss-reactive ketones (excluding diaryl/α,β-unsaturated/α-hetero) is 2. The quantitative estimate of drug-likeness (QED) is 0.303. The normalized spacial score (nSPS) is 20.6.